The molecule has 2 N–H and O–H groups in total. The van der Waals surface area contributed by atoms with Crippen molar-refractivity contribution in [1.82, 2.24) is 0 Å². The fraction of sp³-hybridized carbons (Fsp3) is 0.625. The zero-order chi connectivity index (χ0) is 13.2. The molecule has 1 aromatic rings. The van der Waals surface area contributed by atoms with Crippen LogP contribution in [0.1, 0.15) is 51.6 Å². The Bertz CT molecular complexity index is 379. The van der Waals surface area contributed by atoms with Crippen LogP contribution in [-0.2, 0) is 0 Å². The van der Waals surface area contributed by atoms with Crippen LogP contribution in [0.15, 0.2) is 24.3 Å². The van der Waals surface area contributed by atoms with Crippen molar-refractivity contribution in [3.63, 3.8) is 0 Å². The number of nitrogens with zero attached hydrogens (tertiary/aromatic N) is 1. The highest BCUT2D eigenvalue weighted by Crippen LogP contribution is 2.31. The quantitative estimate of drug-likeness (QED) is 0.861. The maximum Gasteiger partial charge on any atom is 0.0366 e. The molecule has 100 valence electrons. The summed E-state index contributed by atoms with van der Waals surface area (Å²) in [7, 11) is 0. The third-order valence-electron chi connectivity index (χ3n) is 4.12. The fourth-order valence-corrected chi connectivity index (χ4v) is 2.67. The molecule has 0 unspecified atom stereocenters. The first-order valence-corrected chi connectivity index (χ1v) is 7.08. The van der Waals surface area contributed by atoms with E-state index in [9.17, 15) is 0 Å². The van der Waals surface area contributed by atoms with Crippen molar-refractivity contribution in [3.8, 4) is 0 Å². The molecule has 0 bridgehead atoms. The summed E-state index contributed by atoms with van der Waals surface area (Å²) in [5.41, 5.74) is 8.95. The maximum atomic E-state index is 5.89. The van der Waals surface area contributed by atoms with E-state index in [1.54, 1.807) is 0 Å². The Morgan fingerprint density at radius 1 is 1.11 bits per heavy atom. The molecule has 2 nitrogen and oxygen atoms in total. The average molecular weight is 246 g/mol. The highest BCUT2D eigenvalue weighted by molar-refractivity contribution is 5.48. The van der Waals surface area contributed by atoms with E-state index in [0.29, 0.717) is 5.41 Å². The van der Waals surface area contributed by atoms with Crippen molar-refractivity contribution < 1.29 is 0 Å². The molecule has 0 radical (unpaired) electrons. The zero-order valence-corrected chi connectivity index (χ0v) is 11.9. The Balaban J connectivity index is 2.07. The van der Waals surface area contributed by atoms with Crippen LogP contribution in [-0.4, -0.2) is 13.1 Å². The monoisotopic (exact) mass is 246 g/mol. The topological polar surface area (TPSA) is 29.3 Å². The summed E-state index contributed by atoms with van der Waals surface area (Å²) in [5, 5.41) is 0. The number of nitrogens with two attached hydrogens (primary N) is 1. The predicted octanol–water partition coefficient (Wildman–Crippen LogP) is 3.72. The van der Waals surface area contributed by atoms with E-state index in [1.807, 2.05) is 6.92 Å². The molecule has 1 saturated heterocycles. The van der Waals surface area contributed by atoms with Gasteiger partial charge in [-0.3, -0.25) is 0 Å². The van der Waals surface area contributed by atoms with Crippen LogP contribution in [0, 0.1) is 5.41 Å². The Morgan fingerprint density at radius 3 is 2.39 bits per heavy atom. The summed E-state index contributed by atoms with van der Waals surface area (Å²) in [6, 6.07) is 8.89. The number of hydrogen-bond donors (Lipinski definition) is 1. The largest absolute Gasteiger partial charge is 0.372 e. The number of rotatable bonds is 2. The standard InChI is InChI=1S/C16H26N2/c1-13(17)14-5-7-15(8-6-14)18-11-4-9-16(2,3)10-12-18/h5-8,13H,4,9-12,17H2,1-3H3/t13-/m1/s1. The Kier molecular flexibility index (Phi) is 3.96. The van der Waals surface area contributed by atoms with E-state index in [2.05, 4.69) is 43.0 Å². The predicted molar refractivity (Wildman–Crippen MR) is 78.9 cm³/mol. The molecule has 0 aliphatic carbocycles. The van der Waals surface area contributed by atoms with Gasteiger partial charge in [0.25, 0.3) is 0 Å². The van der Waals surface area contributed by atoms with E-state index in [-0.39, 0.29) is 6.04 Å². The first kappa shape index (κ1) is 13.4. The molecule has 18 heavy (non-hydrogen) atoms. The van der Waals surface area contributed by atoms with Gasteiger partial charge in [-0.05, 0) is 49.3 Å². The molecular formula is C16H26N2. The second kappa shape index (κ2) is 5.31. The van der Waals surface area contributed by atoms with Crippen molar-refractivity contribution in [2.75, 3.05) is 18.0 Å². The summed E-state index contributed by atoms with van der Waals surface area (Å²) in [6.07, 6.45) is 3.91. The summed E-state index contributed by atoms with van der Waals surface area (Å²) < 4.78 is 0. The average Bonchev–Trinajstić information content (AvgIpc) is 2.50. The molecule has 1 atom stereocenters. The van der Waals surface area contributed by atoms with Gasteiger partial charge in [0.1, 0.15) is 0 Å². The molecule has 1 aliphatic heterocycles. The summed E-state index contributed by atoms with van der Waals surface area (Å²) in [4.78, 5) is 2.51. The lowest BCUT2D eigenvalue weighted by atomic mass is 9.85. The smallest absolute Gasteiger partial charge is 0.0366 e. The van der Waals surface area contributed by atoms with Gasteiger partial charge in [0.05, 0.1) is 0 Å². The fourth-order valence-electron chi connectivity index (χ4n) is 2.67. The van der Waals surface area contributed by atoms with Crippen molar-refractivity contribution in [2.45, 2.75) is 46.1 Å². The van der Waals surface area contributed by atoms with Gasteiger partial charge in [-0.25, -0.2) is 0 Å². The van der Waals surface area contributed by atoms with Crippen molar-refractivity contribution in [1.29, 1.82) is 0 Å². The van der Waals surface area contributed by atoms with Gasteiger partial charge in [-0.15, -0.1) is 0 Å². The Hall–Kier alpha value is -1.02. The molecule has 2 rings (SSSR count). The summed E-state index contributed by atoms with van der Waals surface area (Å²) in [5.74, 6) is 0. The molecule has 0 spiro atoms. The van der Waals surface area contributed by atoms with Crippen LogP contribution in [0.2, 0.25) is 0 Å². The van der Waals surface area contributed by atoms with E-state index in [0.717, 1.165) is 0 Å². The van der Waals surface area contributed by atoms with Crippen molar-refractivity contribution in [3.05, 3.63) is 29.8 Å². The Morgan fingerprint density at radius 2 is 1.78 bits per heavy atom. The SMILES string of the molecule is C[C@@H](N)c1ccc(N2CCCC(C)(C)CC2)cc1. The number of anilines is 1. The number of hydrogen-bond acceptors (Lipinski definition) is 2. The summed E-state index contributed by atoms with van der Waals surface area (Å²) in [6.45, 7) is 9.15. The lowest BCUT2D eigenvalue weighted by molar-refractivity contribution is 0.325. The van der Waals surface area contributed by atoms with Crippen LogP contribution in [0.5, 0.6) is 0 Å². The van der Waals surface area contributed by atoms with Crippen molar-refractivity contribution >= 4 is 5.69 Å². The lowest BCUT2D eigenvalue weighted by Gasteiger charge is -2.25. The molecule has 1 heterocycles. The van der Waals surface area contributed by atoms with Gasteiger partial charge in [-0.1, -0.05) is 26.0 Å². The number of benzene rings is 1. The molecule has 1 fully saturated rings. The third kappa shape index (κ3) is 3.26. The van der Waals surface area contributed by atoms with E-state index in [1.165, 1.54) is 43.6 Å². The first-order chi connectivity index (χ1) is 8.48. The zero-order valence-electron chi connectivity index (χ0n) is 11.9. The van der Waals surface area contributed by atoms with Gasteiger partial charge in [-0.2, -0.15) is 0 Å². The van der Waals surface area contributed by atoms with Crippen LogP contribution >= 0.6 is 0 Å². The minimum Gasteiger partial charge on any atom is -0.372 e. The third-order valence-corrected chi connectivity index (χ3v) is 4.12. The minimum absolute atomic E-state index is 0.127. The highest BCUT2D eigenvalue weighted by Gasteiger charge is 2.23. The second-order valence-electron chi connectivity index (χ2n) is 6.39. The molecule has 1 aromatic carbocycles. The lowest BCUT2D eigenvalue weighted by Crippen LogP contribution is -2.25. The van der Waals surface area contributed by atoms with Crippen LogP contribution in [0.25, 0.3) is 0 Å². The van der Waals surface area contributed by atoms with E-state index in [4.69, 9.17) is 5.73 Å². The molecular weight excluding hydrogens is 220 g/mol. The highest BCUT2D eigenvalue weighted by atomic mass is 15.1. The first-order valence-electron chi connectivity index (χ1n) is 7.08. The van der Waals surface area contributed by atoms with Gasteiger partial charge >= 0.3 is 0 Å². The molecule has 0 aromatic heterocycles. The van der Waals surface area contributed by atoms with Crippen molar-refractivity contribution in [2.24, 2.45) is 11.1 Å². The summed E-state index contributed by atoms with van der Waals surface area (Å²) >= 11 is 0. The minimum atomic E-state index is 0.127. The van der Waals surface area contributed by atoms with Gasteiger partial charge in [0.2, 0.25) is 0 Å². The van der Waals surface area contributed by atoms with Crippen LogP contribution < -0.4 is 10.6 Å². The van der Waals surface area contributed by atoms with E-state index >= 15 is 0 Å². The maximum absolute atomic E-state index is 5.89. The second-order valence-corrected chi connectivity index (χ2v) is 6.39. The normalized spacial score (nSPS) is 21.4. The Labute approximate surface area is 111 Å². The van der Waals surface area contributed by atoms with Crippen LogP contribution in [0.4, 0.5) is 5.69 Å². The molecule has 1 aliphatic rings. The van der Waals surface area contributed by atoms with Gasteiger partial charge in [0.15, 0.2) is 0 Å². The molecule has 0 saturated carbocycles. The molecule has 2 heteroatoms. The van der Waals surface area contributed by atoms with Gasteiger partial charge < -0.3 is 10.6 Å². The van der Waals surface area contributed by atoms with Crippen LogP contribution in [0.3, 0.4) is 0 Å². The van der Waals surface area contributed by atoms with E-state index < -0.39 is 0 Å². The van der Waals surface area contributed by atoms with Gasteiger partial charge in [0, 0.05) is 24.8 Å². The molecule has 0 amide bonds.